The van der Waals surface area contributed by atoms with Crippen LogP contribution < -0.4 is 0 Å². The fourth-order valence-corrected chi connectivity index (χ4v) is 8.69. The van der Waals surface area contributed by atoms with Gasteiger partial charge in [-0.05, 0) is 83.6 Å². The Morgan fingerprint density at radius 1 is 0.188 bits per heavy atom. The highest BCUT2D eigenvalue weighted by atomic mass is 15.0. The van der Waals surface area contributed by atoms with E-state index in [-0.39, 0.29) is 0 Å². The van der Waals surface area contributed by atoms with Crippen LogP contribution in [0.1, 0.15) is 0 Å². The molecule has 0 amide bonds. The third-order valence-electron chi connectivity index (χ3n) is 12.0. The minimum absolute atomic E-state index is 0.607. The second kappa shape index (κ2) is 17.1. The summed E-state index contributed by atoms with van der Waals surface area (Å²) in [7, 11) is 0. The first-order chi connectivity index (χ1) is 31.7. The van der Waals surface area contributed by atoms with E-state index in [2.05, 4.69) is 237 Å². The van der Waals surface area contributed by atoms with Crippen molar-refractivity contribution in [3.8, 4) is 101 Å². The zero-order valence-electron chi connectivity index (χ0n) is 35.0. The molecule has 11 rings (SSSR count). The van der Waals surface area contributed by atoms with Crippen molar-refractivity contribution in [1.82, 2.24) is 15.0 Å². The van der Waals surface area contributed by atoms with Gasteiger partial charge in [-0.15, -0.1) is 0 Å². The highest BCUT2D eigenvalue weighted by Gasteiger charge is 2.19. The third kappa shape index (κ3) is 7.68. The standard InChI is InChI=1S/C61H41N3/c1-4-15-42(16-5-1)44-27-29-46(30-28-44)47-33-37-51(38-34-47)60-62-59(50-35-31-45(32-36-50)43-17-6-2-7-18-43)63-61(64-60)58-41-52(39-40-55(58)48-19-8-3-9-20-48)54-24-12-13-25-56(54)57-26-14-22-49-21-10-11-23-53(49)57/h1-41H. The Bertz CT molecular complexity index is 3380. The minimum Gasteiger partial charge on any atom is -0.208 e. The Morgan fingerprint density at radius 2 is 0.547 bits per heavy atom. The van der Waals surface area contributed by atoms with Gasteiger partial charge in [-0.1, -0.05) is 243 Å². The highest BCUT2D eigenvalue weighted by Crippen LogP contribution is 2.41. The van der Waals surface area contributed by atoms with E-state index in [1.165, 1.54) is 33.0 Å². The monoisotopic (exact) mass is 815 g/mol. The summed E-state index contributed by atoms with van der Waals surface area (Å²) < 4.78 is 0. The summed E-state index contributed by atoms with van der Waals surface area (Å²) in [6.07, 6.45) is 0. The molecule has 0 bridgehead atoms. The van der Waals surface area contributed by atoms with Crippen molar-refractivity contribution in [2.75, 3.05) is 0 Å². The maximum Gasteiger partial charge on any atom is 0.164 e. The van der Waals surface area contributed by atoms with E-state index < -0.39 is 0 Å². The Labute approximate surface area is 373 Å². The SMILES string of the molecule is c1ccc(-c2ccc(-c3ccc(-c4nc(-c5ccc(-c6ccccc6)cc5)nc(-c5cc(-c6ccccc6-c6cccc7ccccc67)ccc5-c5ccccc5)n4)cc3)cc2)cc1. The molecule has 11 aromatic rings. The molecule has 0 radical (unpaired) electrons. The molecule has 10 aromatic carbocycles. The lowest BCUT2D eigenvalue weighted by Gasteiger charge is -2.16. The van der Waals surface area contributed by atoms with E-state index in [1.54, 1.807) is 0 Å². The van der Waals surface area contributed by atoms with Crippen LogP contribution in [0, 0.1) is 0 Å². The Kier molecular flexibility index (Phi) is 10.3. The van der Waals surface area contributed by atoms with Gasteiger partial charge in [0.05, 0.1) is 0 Å². The predicted molar refractivity (Wildman–Crippen MR) is 266 cm³/mol. The van der Waals surface area contributed by atoms with Crippen LogP contribution in [0.4, 0.5) is 0 Å². The molecular weight excluding hydrogens is 775 g/mol. The van der Waals surface area contributed by atoms with Crippen molar-refractivity contribution in [2.24, 2.45) is 0 Å². The fraction of sp³-hybridized carbons (Fsp3) is 0. The van der Waals surface area contributed by atoms with Gasteiger partial charge < -0.3 is 0 Å². The van der Waals surface area contributed by atoms with Gasteiger partial charge in [-0.25, -0.2) is 15.0 Å². The molecule has 0 unspecified atom stereocenters. The lowest BCUT2D eigenvalue weighted by atomic mass is 9.89. The Balaban J connectivity index is 1.05. The van der Waals surface area contributed by atoms with Gasteiger partial charge in [0.25, 0.3) is 0 Å². The average Bonchev–Trinajstić information content (AvgIpc) is 3.39. The summed E-state index contributed by atoms with van der Waals surface area (Å²) in [5, 5.41) is 2.43. The largest absolute Gasteiger partial charge is 0.208 e. The van der Waals surface area contributed by atoms with Crippen LogP contribution in [-0.4, -0.2) is 15.0 Å². The van der Waals surface area contributed by atoms with Gasteiger partial charge in [0.15, 0.2) is 17.5 Å². The number of nitrogens with zero attached hydrogens (tertiary/aromatic N) is 3. The molecule has 0 N–H and O–H groups in total. The molecule has 0 fully saturated rings. The molecule has 0 saturated carbocycles. The first-order valence-electron chi connectivity index (χ1n) is 21.7. The quantitative estimate of drug-likeness (QED) is 0.146. The van der Waals surface area contributed by atoms with E-state index in [9.17, 15) is 0 Å². The first-order valence-corrected chi connectivity index (χ1v) is 21.7. The van der Waals surface area contributed by atoms with E-state index in [4.69, 9.17) is 15.0 Å². The van der Waals surface area contributed by atoms with Crippen molar-refractivity contribution in [2.45, 2.75) is 0 Å². The van der Waals surface area contributed by atoms with Crippen LogP contribution in [0.3, 0.4) is 0 Å². The number of fused-ring (bicyclic) bond motifs is 1. The summed E-state index contributed by atoms with van der Waals surface area (Å²) in [6.45, 7) is 0. The van der Waals surface area contributed by atoms with Crippen LogP contribution in [0.15, 0.2) is 249 Å². The van der Waals surface area contributed by atoms with Crippen molar-refractivity contribution in [3.05, 3.63) is 249 Å². The van der Waals surface area contributed by atoms with Crippen LogP contribution >= 0.6 is 0 Å². The number of hydrogen-bond donors (Lipinski definition) is 0. The van der Waals surface area contributed by atoms with Gasteiger partial charge in [0.2, 0.25) is 0 Å². The first kappa shape index (κ1) is 38.4. The summed E-state index contributed by atoms with van der Waals surface area (Å²) in [5.74, 6) is 1.83. The Morgan fingerprint density at radius 3 is 1.09 bits per heavy atom. The average molecular weight is 816 g/mol. The summed E-state index contributed by atoms with van der Waals surface area (Å²) >= 11 is 0. The van der Waals surface area contributed by atoms with Gasteiger partial charge in [0, 0.05) is 16.7 Å². The zero-order chi connectivity index (χ0) is 42.7. The maximum atomic E-state index is 5.33. The molecule has 64 heavy (non-hydrogen) atoms. The van der Waals surface area contributed by atoms with E-state index in [0.29, 0.717) is 17.5 Å². The van der Waals surface area contributed by atoms with Crippen molar-refractivity contribution >= 4 is 10.8 Å². The highest BCUT2D eigenvalue weighted by molar-refractivity contribution is 6.01. The van der Waals surface area contributed by atoms with E-state index in [1.807, 2.05) is 12.1 Å². The van der Waals surface area contributed by atoms with E-state index >= 15 is 0 Å². The molecule has 0 atom stereocenters. The molecule has 1 aromatic heterocycles. The van der Waals surface area contributed by atoms with Crippen molar-refractivity contribution in [3.63, 3.8) is 0 Å². The number of aromatic nitrogens is 3. The molecule has 3 nitrogen and oxygen atoms in total. The smallest absolute Gasteiger partial charge is 0.164 e. The van der Waals surface area contributed by atoms with Gasteiger partial charge in [-0.3, -0.25) is 0 Å². The molecule has 0 spiro atoms. The van der Waals surface area contributed by atoms with Gasteiger partial charge in [-0.2, -0.15) is 0 Å². The van der Waals surface area contributed by atoms with Gasteiger partial charge >= 0.3 is 0 Å². The minimum atomic E-state index is 0.607. The van der Waals surface area contributed by atoms with Crippen LogP contribution in [0.25, 0.3) is 112 Å². The second-order valence-electron chi connectivity index (χ2n) is 16.0. The molecule has 1 heterocycles. The second-order valence-corrected chi connectivity index (χ2v) is 16.0. The topological polar surface area (TPSA) is 38.7 Å². The third-order valence-corrected chi connectivity index (χ3v) is 12.0. The fourth-order valence-electron chi connectivity index (χ4n) is 8.69. The summed E-state index contributed by atoms with van der Waals surface area (Å²) in [5.41, 5.74) is 16.4. The van der Waals surface area contributed by atoms with E-state index in [0.717, 1.165) is 61.2 Å². The van der Waals surface area contributed by atoms with Gasteiger partial charge in [0.1, 0.15) is 0 Å². The molecular formula is C61H41N3. The molecule has 3 heteroatoms. The lowest BCUT2D eigenvalue weighted by Crippen LogP contribution is -2.01. The van der Waals surface area contributed by atoms with Crippen molar-refractivity contribution in [1.29, 1.82) is 0 Å². The molecule has 0 aliphatic carbocycles. The lowest BCUT2D eigenvalue weighted by molar-refractivity contribution is 1.07. The Hall–Kier alpha value is -8.53. The zero-order valence-corrected chi connectivity index (χ0v) is 35.0. The number of rotatable bonds is 9. The molecule has 0 aliphatic rings. The summed E-state index contributed by atoms with van der Waals surface area (Å²) in [6, 6.07) is 87.8. The summed E-state index contributed by atoms with van der Waals surface area (Å²) in [4.78, 5) is 15.8. The molecule has 0 aliphatic heterocycles. The maximum absolute atomic E-state index is 5.33. The number of benzene rings is 10. The van der Waals surface area contributed by atoms with Crippen LogP contribution in [0.2, 0.25) is 0 Å². The normalized spacial score (nSPS) is 11.1. The van der Waals surface area contributed by atoms with Crippen molar-refractivity contribution < 1.29 is 0 Å². The van der Waals surface area contributed by atoms with Crippen LogP contribution in [-0.2, 0) is 0 Å². The number of hydrogen-bond acceptors (Lipinski definition) is 3. The van der Waals surface area contributed by atoms with Crippen LogP contribution in [0.5, 0.6) is 0 Å². The molecule has 300 valence electrons. The molecule has 0 saturated heterocycles. The predicted octanol–water partition coefficient (Wildman–Crippen LogP) is 16.0.